The third kappa shape index (κ3) is 3.69. The van der Waals surface area contributed by atoms with Gasteiger partial charge in [0.2, 0.25) is 0 Å². The Morgan fingerprint density at radius 2 is 2.00 bits per heavy atom. The van der Waals surface area contributed by atoms with Crippen LogP contribution in [0.15, 0.2) is 24.3 Å². The Balaban J connectivity index is 2.28. The van der Waals surface area contributed by atoms with Gasteiger partial charge in [0.1, 0.15) is 5.75 Å². The molecule has 1 radical (unpaired) electrons. The largest absolute Gasteiger partial charge is 0.508 e. The van der Waals surface area contributed by atoms with Crippen molar-refractivity contribution in [3.05, 3.63) is 30.7 Å². The maximum absolute atomic E-state index is 9.07. The Bertz CT molecular complexity index is 256. The van der Waals surface area contributed by atoms with Gasteiger partial charge in [0, 0.05) is 12.2 Å². The number of benzene rings is 1. The molecule has 14 heavy (non-hydrogen) atoms. The summed E-state index contributed by atoms with van der Waals surface area (Å²) >= 11 is 0. The van der Waals surface area contributed by atoms with E-state index in [0.29, 0.717) is 11.7 Å². The molecule has 77 valence electrons. The second-order valence-corrected chi connectivity index (χ2v) is 3.55. The van der Waals surface area contributed by atoms with Crippen LogP contribution < -0.4 is 5.32 Å². The first-order chi connectivity index (χ1) is 6.72. The summed E-state index contributed by atoms with van der Waals surface area (Å²) in [6.45, 7) is 5.26. The molecule has 0 heterocycles. The molecule has 0 saturated carbocycles. The molecule has 0 bridgehead atoms. The summed E-state index contributed by atoms with van der Waals surface area (Å²) in [5.74, 6) is 0.959. The molecule has 0 spiro atoms. The van der Waals surface area contributed by atoms with Crippen LogP contribution in [0, 0.1) is 12.3 Å². The van der Waals surface area contributed by atoms with Gasteiger partial charge in [0.05, 0.1) is 0 Å². The first-order valence-corrected chi connectivity index (χ1v) is 5.08. The Hall–Kier alpha value is -1.18. The summed E-state index contributed by atoms with van der Waals surface area (Å²) in [7, 11) is 0. The second-order valence-electron chi connectivity index (χ2n) is 3.55. The first-order valence-electron chi connectivity index (χ1n) is 5.08. The number of hydrogen-bond acceptors (Lipinski definition) is 2. The van der Waals surface area contributed by atoms with Gasteiger partial charge in [-0.15, -0.1) is 0 Å². The topological polar surface area (TPSA) is 32.3 Å². The molecule has 0 aromatic heterocycles. The number of hydrogen-bond donors (Lipinski definition) is 2. The number of rotatable bonds is 5. The minimum absolute atomic E-state index is 0.307. The highest BCUT2D eigenvalue weighted by Crippen LogP contribution is 2.14. The summed E-state index contributed by atoms with van der Waals surface area (Å²) in [5.41, 5.74) is 1.04. The van der Waals surface area contributed by atoms with Crippen LogP contribution in [0.2, 0.25) is 0 Å². The van der Waals surface area contributed by atoms with Crippen LogP contribution in [0.3, 0.4) is 0 Å². The highest BCUT2D eigenvalue weighted by atomic mass is 16.3. The van der Waals surface area contributed by atoms with Gasteiger partial charge in [-0.25, -0.2) is 0 Å². The Morgan fingerprint density at radius 3 is 2.57 bits per heavy atom. The summed E-state index contributed by atoms with van der Waals surface area (Å²) in [5, 5.41) is 12.3. The van der Waals surface area contributed by atoms with Crippen LogP contribution >= 0.6 is 0 Å². The molecule has 1 aromatic carbocycles. The van der Waals surface area contributed by atoms with Crippen LogP contribution in [0.1, 0.15) is 20.3 Å². The van der Waals surface area contributed by atoms with Gasteiger partial charge in [0.15, 0.2) is 0 Å². The van der Waals surface area contributed by atoms with Crippen molar-refractivity contribution in [3.63, 3.8) is 0 Å². The van der Waals surface area contributed by atoms with Crippen molar-refractivity contribution in [2.75, 3.05) is 11.9 Å². The van der Waals surface area contributed by atoms with E-state index < -0.39 is 0 Å². The fourth-order valence-corrected chi connectivity index (χ4v) is 1.12. The molecule has 0 saturated heterocycles. The molecule has 1 aromatic rings. The van der Waals surface area contributed by atoms with Crippen LogP contribution in [-0.4, -0.2) is 11.7 Å². The molecule has 0 fully saturated rings. The third-order valence-corrected chi connectivity index (χ3v) is 2.34. The highest BCUT2D eigenvalue weighted by molar-refractivity contribution is 5.46. The van der Waals surface area contributed by atoms with E-state index in [1.165, 1.54) is 6.42 Å². The minimum atomic E-state index is 0.307. The SMILES string of the molecule is CCC(C)[CH]CNc1ccc(O)cc1. The van der Waals surface area contributed by atoms with Crippen LogP contribution in [0.4, 0.5) is 5.69 Å². The number of anilines is 1. The van der Waals surface area contributed by atoms with E-state index in [2.05, 4.69) is 25.6 Å². The van der Waals surface area contributed by atoms with E-state index in [4.69, 9.17) is 5.11 Å². The Labute approximate surface area is 86.0 Å². The van der Waals surface area contributed by atoms with Crippen molar-refractivity contribution in [1.29, 1.82) is 0 Å². The van der Waals surface area contributed by atoms with Crippen molar-refractivity contribution in [2.24, 2.45) is 5.92 Å². The summed E-state index contributed by atoms with van der Waals surface area (Å²) in [6.07, 6.45) is 3.43. The van der Waals surface area contributed by atoms with Crippen molar-refractivity contribution < 1.29 is 5.11 Å². The lowest BCUT2D eigenvalue weighted by molar-refractivity contribution is 0.475. The smallest absolute Gasteiger partial charge is 0.115 e. The van der Waals surface area contributed by atoms with E-state index >= 15 is 0 Å². The van der Waals surface area contributed by atoms with Crippen molar-refractivity contribution in [3.8, 4) is 5.75 Å². The average Bonchev–Trinajstić information content (AvgIpc) is 2.21. The molecule has 0 aliphatic carbocycles. The highest BCUT2D eigenvalue weighted by Gasteiger charge is 1.98. The fraction of sp³-hybridized carbons (Fsp3) is 0.417. The van der Waals surface area contributed by atoms with Gasteiger partial charge in [0.25, 0.3) is 0 Å². The van der Waals surface area contributed by atoms with Gasteiger partial charge in [-0.2, -0.15) is 0 Å². The standard InChI is InChI=1S/C12H18NO/c1-3-10(2)8-9-13-11-4-6-12(14)7-5-11/h4-8,10,13-14H,3,9H2,1-2H3. The number of phenols is 1. The summed E-state index contributed by atoms with van der Waals surface area (Å²) in [4.78, 5) is 0. The second kappa shape index (κ2) is 5.53. The minimum Gasteiger partial charge on any atom is -0.508 e. The quantitative estimate of drug-likeness (QED) is 0.703. The van der Waals surface area contributed by atoms with Crippen LogP contribution in [-0.2, 0) is 0 Å². The number of nitrogens with one attached hydrogen (secondary N) is 1. The van der Waals surface area contributed by atoms with Crippen molar-refractivity contribution >= 4 is 5.69 Å². The van der Waals surface area contributed by atoms with Crippen molar-refractivity contribution in [2.45, 2.75) is 20.3 Å². The molecule has 2 heteroatoms. The lowest BCUT2D eigenvalue weighted by Gasteiger charge is -2.09. The average molecular weight is 192 g/mol. The zero-order valence-corrected chi connectivity index (χ0v) is 8.83. The molecule has 1 atom stereocenters. The molecular weight excluding hydrogens is 174 g/mol. The van der Waals surface area contributed by atoms with Gasteiger partial charge in [-0.3, -0.25) is 0 Å². The van der Waals surface area contributed by atoms with Crippen LogP contribution in [0.25, 0.3) is 0 Å². The number of phenolic OH excluding ortho intramolecular Hbond substituents is 1. The maximum Gasteiger partial charge on any atom is 0.115 e. The molecule has 0 aliphatic rings. The summed E-state index contributed by atoms with van der Waals surface area (Å²) < 4.78 is 0. The van der Waals surface area contributed by atoms with E-state index in [1.807, 2.05) is 12.1 Å². The third-order valence-electron chi connectivity index (χ3n) is 2.34. The lowest BCUT2D eigenvalue weighted by atomic mass is 10.1. The van der Waals surface area contributed by atoms with Crippen LogP contribution in [0.5, 0.6) is 5.75 Å². The molecule has 1 rings (SSSR count). The normalized spacial score (nSPS) is 12.4. The zero-order valence-electron chi connectivity index (χ0n) is 8.83. The van der Waals surface area contributed by atoms with E-state index in [1.54, 1.807) is 12.1 Å². The molecule has 2 nitrogen and oxygen atoms in total. The van der Waals surface area contributed by atoms with Gasteiger partial charge >= 0.3 is 0 Å². The lowest BCUT2D eigenvalue weighted by Crippen LogP contribution is -2.06. The number of aromatic hydroxyl groups is 1. The van der Waals surface area contributed by atoms with E-state index in [9.17, 15) is 0 Å². The van der Waals surface area contributed by atoms with Gasteiger partial charge in [-0.05, 0) is 36.6 Å². The first kappa shape index (κ1) is 10.9. The van der Waals surface area contributed by atoms with Crippen molar-refractivity contribution in [1.82, 2.24) is 0 Å². The molecular formula is C12H18NO. The van der Waals surface area contributed by atoms with E-state index in [-0.39, 0.29) is 0 Å². The monoisotopic (exact) mass is 192 g/mol. The molecule has 2 N–H and O–H groups in total. The Morgan fingerprint density at radius 1 is 1.36 bits per heavy atom. The van der Waals surface area contributed by atoms with Gasteiger partial charge in [-0.1, -0.05) is 20.3 Å². The predicted octanol–water partition coefficient (Wildman–Crippen LogP) is 3.05. The zero-order chi connectivity index (χ0) is 10.4. The van der Waals surface area contributed by atoms with Gasteiger partial charge < -0.3 is 10.4 Å². The molecule has 1 unspecified atom stereocenters. The molecule has 0 aliphatic heterocycles. The summed E-state index contributed by atoms with van der Waals surface area (Å²) in [6, 6.07) is 7.12. The van der Waals surface area contributed by atoms with E-state index in [0.717, 1.165) is 12.2 Å². The molecule has 0 amide bonds. The maximum atomic E-state index is 9.07. The fourth-order valence-electron chi connectivity index (χ4n) is 1.12. The Kier molecular flexibility index (Phi) is 4.30. The predicted molar refractivity (Wildman–Crippen MR) is 60.4 cm³/mol.